The molecule has 0 radical (unpaired) electrons. The number of benzene rings is 1. The van der Waals surface area contributed by atoms with Crippen molar-refractivity contribution in [3.63, 3.8) is 0 Å². The maximum absolute atomic E-state index is 13.1. The van der Waals surface area contributed by atoms with Crippen molar-refractivity contribution in [2.45, 2.75) is 44.8 Å². The fourth-order valence-corrected chi connectivity index (χ4v) is 4.84. The van der Waals surface area contributed by atoms with Gasteiger partial charge >= 0.3 is 5.97 Å². The molecule has 1 aromatic carbocycles. The standard InChI is InChI=1S/C21H30FN3O2/c1-16-15-25(18-4-2-17(22)3-5-18)13-12-24(16)11-6-19-14-21(20(26)27-19)7-9-23-10-8-21/h2-5,16,19,23H,6-15H2,1H3/t16-,19+/m1/s1. The van der Waals surface area contributed by atoms with Crippen LogP contribution in [0.2, 0.25) is 0 Å². The number of rotatable bonds is 4. The highest BCUT2D eigenvalue weighted by molar-refractivity contribution is 5.79. The molecule has 148 valence electrons. The maximum atomic E-state index is 13.1. The minimum atomic E-state index is -0.219. The number of carbonyl (C=O) groups is 1. The number of nitrogens with zero attached hydrogens (tertiary/aromatic N) is 2. The first-order chi connectivity index (χ1) is 13.1. The molecule has 0 aliphatic carbocycles. The van der Waals surface area contributed by atoms with Crippen molar-refractivity contribution in [3.05, 3.63) is 30.1 Å². The number of piperazine rings is 1. The van der Waals surface area contributed by atoms with Crippen molar-refractivity contribution >= 4 is 11.7 Å². The van der Waals surface area contributed by atoms with Gasteiger partial charge in [0.25, 0.3) is 0 Å². The second-order valence-electron chi connectivity index (χ2n) is 8.36. The minimum Gasteiger partial charge on any atom is -0.462 e. The zero-order chi connectivity index (χ0) is 18.9. The summed E-state index contributed by atoms with van der Waals surface area (Å²) >= 11 is 0. The third-order valence-corrected chi connectivity index (χ3v) is 6.58. The first-order valence-electron chi connectivity index (χ1n) is 10.2. The van der Waals surface area contributed by atoms with E-state index >= 15 is 0 Å². The predicted molar refractivity (Wildman–Crippen MR) is 103 cm³/mol. The second-order valence-corrected chi connectivity index (χ2v) is 8.36. The number of hydrogen-bond donors (Lipinski definition) is 1. The molecule has 1 N–H and O–H groups in total. The van der Waals surface area contributed by atoms with Crippen LogP contribution in [-0.4, -0.2) is 62.3 Å². The number of cyclic esters (lactones) is 1. The molecule has 3 saturated heterocycles. The van der Waals surface area contributed by atoms with E-state index in [0.29, 0.717) is 6.04 Å². The molecule has 5 nitrogen and oxygen atoms in total. The topological polar surface area (TPSA) is 44.8 Å². The molecule has 0 saturated carbocycles. The average Bonchev–Trinajstić information content (AvgIpc) is 2.97. The van der Waals surface area contributed by atoms with Gasteiger partial charge in [-0.25, -0.2) is 4.39 Å². The zero-order valence-corrected chi connectivity index (χ0v) is 16.1. The minimum absolute atomic E-state index is 0.0307. The van der Waals surface area contributed by atoms with Crippen LogP contribution in [0.3, 0.4) is 0 Å². The van der Waals surface area contributed by atoms with E-state index in [1.807, 2.05) is 12.1 Å². The molecule has 3 heterocycles. The van der Waals surface area contributed by atoms with Gasteiger partial charge < -0.3 is 15.0 Å². The van der Waals surface area contributed by atoms with Crippen molar-refractivity contribution in [1.82, 2.24) is 10.2 Å². The lowest BCUT2D eigenvalue weighted by Crippen LogP contribution is -2.52. The van der Waals surface area contributed by atoms with E-state index in [2.05, 4.69) is 22.0 Å². The average molecular weight is 375 g/mol. The molecule has 4 rings (SSSR count). The zero-order valence-electron chi connectivity index (χ0n) is 16.1. The van der Waals surface area contributed by atoms with Gasteiger partial charge in [-0.05, 0) is 63.5 Å². The Morgan fingerprint density at radius 1 is 1.22 bits per heavy atom. The molecule has 27 heavy (non-hydrogen) atoms. The fourth-order valence-electron chi connectivity index (χ4n) is 4.84. The first-order valence-corrected chi connectivity index (χ1v) is 10.2. The van der Waals surface area contributed by atoms with Crippen molar-refractivity contribution in [2.24, 2.45) is 5.41 Å². The third-order valence-electron chi connectivity index (χ3n) is 6.58. The Morgan fingerprint density at radius 2 is 1.96 bits per heavy atom. The van der Waals surface area contributed by atoms with Gasteiger partial charge in [-0.1, -0.05) is 0 Å². The smallest absolute Gasteiger partial charge is 0.312 e. The molecular weight excluding hydrogens is 345 g/mol. The van der Waals surface area contributed by atoms with E-state index in [0.717, 1.165) is 70.6 Å². The Morgan fingerprint density at radius 3 is 2.67 bits per heavy atom. The lowest BCUT2D eigenvalue weighted by atomic mass is 9.76. The largest absolute Gasteiger partial charge is 0.462 e. The first kappa shape index (κ1) is 18.7. The Balaban J connectivity index is 1.27. The van der Waals surface area contributed by atoms with E-state index in [1.165, 1.54) is 12.1 Å². The van der Waals surface area contributed by atoms with Gasteiger partial charge in [-0.2, -0.15) is 0 Å². The molecule has 2 atom stereocenters. The molecule has 0 bridgehead atoms. The van der Waals surface area contributed by atoms with Gasteiger partial charge in [0.1, 0.15) is 11.9 Å². The molecule has 1 aromatic rings. The summed E-state index contributed by atoms with van der Waals surface area (Å²) < 4.78 is 18.9. The molecule has 3 fully saturated rings. The summed E-state index contributed by atoms with van der Waals surface area (Å²) in [6.07, 6.45) is 3.70. The highest BCUT2D eigenvalue weighted by Crippen LogP contribution is 2.42. The summed E-state index contributed by atoms with van der Waals surface area (Å²) in [6, 6.07) is 7.19. The lowest BCUT2D eigenvalue weighted by Gasteiger charge is -2.41. The number of carbonyl (C=O) groups excluding carboxylic acids is 1. The van der Waals surface area contributed by atoms with Gasteiger partial charge in [-0.3, -0.25) is 9.69 Å². The Bertz CT molecular complexity index is 660. The number of anilines is 1. The van der Waals surface area contributed by atoms with Gasteiger partial charge in [0.15, 0.2) is 0 Å². The van der Waals surface area contributed by atoms with E-state index < -0.39 is 0 Å². The summed E-state index contributed by atoms with van der Waals surface area (Å²) in [7, 11) is 0. The SMILES string of the molecule is C[C@@H]1CN(c2ccc(F)cc2)CCN1CC[C@H]1CC2(CCNCC2)C(=O)O1. The highest BCUT2D eigenvalue weighted by Gasteiger charge is 2.49. The number of halogens is 1. The quantitative estimate of drug-likeness (QED) is 0.819. The number of hydrogen-bond acceptors (Lipinski definition) is 5. The fraction of sp³-hybridized carbons (Fsp3) is 0.667. The molecule has 1 spiro atoms. The van der Waals surface area contributed by atoms with Crippen LogP contribution in [0.15, 0.2) is 24.3 Å². The van der Waals surface area contributed by atoms with Crippen LogP contribution in [0.1, 0.15) is 32.6 Å². The number of esters is 1. The van der Waals surface area contributed by atoms with Crippen LogP contribution in [-0.2, 0) is 9.53 Å². The van der Waals surface area contributed by atoms with E-state index in [-0.39, 0.29) is 23.3 Å². The highest BCUT2D eigenvalue weighted by atomic mass is 19.1. The van der Waals surface area contributed by atoms with Crippen LogP contribution in [0.5, 0.6) is 0 Å². The van der Waals surface area contributed by atoms with Crippen molar-refractivity contribution in [3.8, 4) is 0 Å². The Kier molecular flexibility index (Phi) is 5.37. The third kappa shape index (κ3) is 3.97. The molecule has 0 aromatic heterocycles. The Hall–Kier alpha value is -1.66. The second kappa shape index (κ2) is 7.76. The Labute approximate surface area is 160 Å². The number of nitrogens with one attached hydrogen (secondary N) is 1. The van der Waals surface area contributed by atoms with Crippen LogP contribution in [0.4, 0.5) is 10.1 Å². The number of piperidine rings is 1. The summed E-state index contributed by atoms with van der Waals surface area (Å²) in [6.45, 7) is 7.90. The molecular formula is C21H30FN3O2. The molecule has 3 aliphatic rings. The van der Waals surface area contributed by atoms with Crippen molar-refractivity contribution in [2.75, 3.05) is 44.2 Å². The van der Waals surface area contributed by atoms with E-state index in [9.17, 15) is 9.18 Å². The van der Waals surface area contributed by atoms with E-state index in [1.54, 1.807) is 0 Å². The summed E-state index contributed by atoms with van der Waals surface area (Å²) in [4.78, 5) is 17.2. The van der Waals surface area contributed by atoms with Crippen molar-refractivity contribution < 1.29 is 13.9 Å². The van der Waals surface area contributed by atoms with Gasteiger partial charge in [0, 0.05) is 44.3 Å². The van der Waals surface area contributed by atoms with Crippen LogP contribution in [0.25, 0.3) is 0 Å². The van der Waals surface area contributed by atoms with Crippen LogP contribution in [0, 0.1) is 11.2 Å². The van der Waals surface area contributed by atoms with Crippen LogP contribution >= 0.6 is 0 Å². The molecule has 0 amide bonds. The van der Waals surface area contributed by atoms with Gasteiger partial charge in [0.2, 0.25) is 0 Å². The van der Waals surface area contributed by atoms with E-state index in [4.69, 9.17) is 4.74 Å². The maximum Gasteiger partial charge on any atom is 0.312 e. The lowest BCUT2D eigenvalue weighted by molar-refractivity contribution is -0.150. The summed E-state index contributed by atoms with van der Waals surface area (Å²) in [5, 5.41) is 3.34. The number of ether oxygens (including phenoxy) is 1. The molecule has 3 aliphatic heterocycles. The van der Waals surface area contributed by atoms with Gasteiger partial charge in [0.05, 0.1) is 5.41 Å². The van der Waals surface area contributed by atoms with Crippen molar-refractivity contribution in [1.29, 1.82) is 0 Å². The van der Waals surface area contributed by atoms with Crippen LogP contribution < -0.4 is 10.2 Å². The predicted octanol–water partition coefficient (Wildman–Crippen LogP) is 2.41. The molecule has 6 heteroatoms. The van der Waals surface area contributed by atoms with Gasteiger partial charge in [-0.15, -0.1) is 0 Å². The summed E-state index contributed by atoms with van der Waals surface area (Å²) in [5.74, 6) is -0.161. The normalized spacial score (nSPS) is 28.5. The summed E-state index contributed by atoms with van der Waals surface area (Å²) in [5.41, 5.74) is 0.864. The monoisotopic (exact) mass is 375 g/mol. The molecule has 0 unspecified atom stereocenters.